The number of anilines is 1. The van der Waals surface area contributed by atoms with Gasteiger partial charge in [-0.25, -0.2) is 0 Å². The van der Waals surface area contributed by atoms with Gasteiger partial charge in [0.1, 0.15) is 18.1 Å². The van der Waals surface area contributed by atoms with Gasteiger partial charge >= 0.3 is 0 Å². The van der Waals surface area contributed by atoms with Crippen LogP contribution < -0.4 is 15.8 Å². The number of nitrogens with one attached hydrogen (secondary N) is 1. The molecule has 0 aliphatic carbocycles. The second-order valence-corrected chi connectivity index (χ2v) is 6.37. The van der Waals surface area contributed by atoms with Crippen LogP contribution in [0.2, 0.25) is 10.0 Å². The number of rotatable bonds is 6. The Labute approximate surface area is 164 Å². The summed E-state index contributed by atoms with van der Waals surface area (Å²) in [6.07, 6.45) is 0. The molecular weight excluding hydrogens is 391 g/mol. The van der Waals surface area contributed by atoms with E-state index in [-0.39, 0.29) is 12.4 Å². The summed E-state index contributed by atoms with van der Waals surface area (Å²) >= 11 is 11.9. The largest absolute Gasteiger partial charge is 0.484 e. The predicted molar refractivity (Wildman–Crippen MR) is 102 cm³/mol. The number of benzene rings is 2. The lowest BCUT2D eigenvalue weighted by Crippen LogP contribution is -2.13. The molecule has 3 N–H and O–H groups in total. The van der Waals surface area contributed by atoms with E-state index in [9.17, 15) is 9.59 Å². The molecule has 2 aromatic carbocycles. The maximum atomic E-state index is 12.2. The number of carbonyl (C=O) groups is 2. The van der Waals surface area contributed by atoms with E-state index in [1.165, 1.54) is 18.2 Å². The summed E-state index contributed by atoms with van der Waals surface area (Å²) < 4.78 is 11.0. The molecule has 2 amide bonds. The molecule has 6 nitrogen and oxygen atoms in total. The van der Waals surface area contributed by atoms with Crippen molar-refractivity contribution in [3.8, 4) is 5.75 Å². The molecule has 0 aliphatic heterocycles. The molecule has 0 radical (unpaired) electrons. The molecule has 0 atom stereocenters. The summed E-state index contributed by atoms with van der Waals surface area (Å²) in [7, 11) is 0. The first-order chi connectivity index (χ1) is 12.9. The van der Waals surface area contributed by atoms with Crippen molar-refractivity contribution in [1.82, 2.24) is 0 Å². The Hall–Kier alpha value is -2.96. The van der Waals surface area contributed by atoms with E-state index in [0.717, 1.165) is 0 Å². The second kappa shape index (κ2) is 8.16. The number of hydrogen-bond donors (Lipinski definition) is 2. The van der Waals surface area contributed by atoms with E-state index in [2.05, 4.69) is 5.32 Å². The number of hydrogen-bond acceptors (Lipinski definition) is 4. The number of amides is 2. The molecule has 1 aromatic heterocycles. The van der Waals surface area contributed by atoms with Gasteiger partial charge in [0.2, 0.25) is 5.91 Å². The zero-order valence-electron chi connectivity index (χ0n) is 13.9. The molecule has 8 heteroatoms. The Morgan fingerprint density at radius 2 is 1.78 bits per heavy atom. The molecule has 0 saturated carbocycles. The molecule has 138 valence electrons. The highest BCUT2D eigenvalue weighted by atomic mass is 35.5. The van der Waals surface area contributed by atoms with E-state index >= 15 is 0 Å². The third-order valence-corrected chi connectivity index (χ3v) is 4.12. The van der Waals surface area contributed by atoms with Crippen LogP contribution in [0.4, 0.5) is 5.69 Å². The van der Waals surface area contributed by atoms with Crippen molar-refractivity contribution in [3.05, 3.63) is 81.7 Å². The molecule has 0 bridgehead atoms. The van der Waals surface area contributed by atoms with Crippen molar-refractivity contribution in [3.63, 3.8) is 0 Å². The van der Waals surface area contributed by atoms with Crippen LogP contribution in [-0.4, -0.2) is 11.8 Å². The summed E-state index contributed by atoms with van der Waals surface area (Å²) in [5.41, 5.74) is 6.03. The van der Waals surface area contributed by atoms with Gasteiger partial charge in [0.15, 0.2) is 5.76 Å². The zero-order valence-corrected chi connectivity index (χ0v) is 15.4. The van der Waals surface area contributed by atoms with Crippen LogP contribution >= 0.6 is 23.2 Å². The maximum Gasteiger partial charge on any atom is 0.291 e. The Morgan fingerprint density at radius 1 is 1.04 bits per heavy atom. The average molecular weight is 405 g/mol. The van der Waals surface area contributed by atoms with E-state index in [0.29, 0.717) is 32.8 Å². The van der Waals surface area contributed by atoms with Gasteiger partial charge < -0.3 is 20.2 Å². The Kier molecular flexibility index (Phi) is 5.69. The molecule has 3 aromatic rings. The van der Waals surface area contributed by atoms with Crippen molar-refractivity contribution in [2.75, 3.05) is 5.32 Å². The fourth-order valence-electron chi connectivity index (χ4n) is 2.22. The molecule has 0 fully saturated rings. The summed E-state index contributed by atoms with van der Waals surface area (Å²) in [6.45, 7) is 0.0840. The fraction of sp³-hybridized carbons (Fsp3) is 0.0526. The van der Waals surface area contributed by atoms with Gasteiger partial charge in [0, 0.05) is 22.3 Å². The van der Waals surface area contributed by atoms with E-state index in [1.807, 2.05) is 0 Å². The quantitative estimate of drug-likeness (QED) is 0.631. The molecule has 0 unspecified atom stereocenters. The van der Waals surface area contributed by atoms with Crippen LogP contribution in [0.5, 0.6) is 5.75 Å². The topological polar surface area (TPSA) is 94.6 Å². The second-order valence-electron chi connectivity index (χ2n) is 5.53. The lowest BCUT2D eigenvalue weighted by molar-refractivity contribution is 0.0988. The van der Waals surface area contributed by atoms with Gasteiger partial charge in [-0.3, -0.25) is 9.59 Å². The van der Waals surface area contributed by atoms with Crippen molar-refractivity contribution in [2.24, 2.45) is 5.73 Å². The van der Waals surface area contributed by atoms with Crippen LogP contribution in [0.1, 0.15) is 26.7 Å². The monoisotopic (exact) mass is 404 g/mol. The normalized spacial score (nSPS) is 10.4. The van der Waals surface area contributed by atoms with E-state index in [4.69, 9.17) is 38.1 Å². The van der Waals surface area contributed by atoms with Gasteiger partial charge in [0.05, 0.1) is 5.02 Å². The standard InChI is InChI=1S/C19H14Cl2N2O4/c20-12-3-7-15(21)17(9-12)26-10-14-6-8-16(27-14)19(25)23-13-4-1-11(2-5-13)18(22)24/h1-9H,10H2,(H2,22,24)(H,23,25). The van der Waals surface area contributed by atoms with Crippen LogP contribution in [0, 0.1) is 0 Å². The minimum Gasteiger partial charge on any atom is -0.484 e. The highest BCUT2D eigenvalue weighted by molar-refractivity contribution is 6.34. The van der Waals surface area contributed by atoms with Crippen molar-refractivity contribution < 1.29 is 18.7 Å². The lowest BCUT2D eigenvalue weighted by Gasteiger charge is -2.07. The first kappa shape index (κ1) is 18.8. The first-order valence-electron chi connectivity index (χ1n) is 7.80. The lowest BCUT2D eigenvalue weighted by atomic mass is 10.2. The zero-order chi connectivity index (χ0) is 19.4. The van der Waals surface area contributed by atoms with Crippen LogP contribution in [0.15, 0.2) is 59.0 Å². The molecule has 0 spiro atoms. The number of furan rings is 1. The fourth-order valence-corrected chi connectivity index (χ4v) is 2.56. The van der Waals surface area contributed by atoms with Crippen LogP contribution in [0.25, 0.3) is 0 Å². The number of ether oxygens (including phenoxy) is 1. The number of primary amides is 1. The third kappa shape index (κ3) is 4.81. The molecular formula is C19H14Cl2N2O4. The van der Waals surface area contributed by atoms with E-state index in [1.54, 1.807) is 36.4 Å². The van der Waals surface area contributed by atoms with Gasteiger partial charge in [-0.1, -0.05) is 23.2 Å². The minimum absolute atomic E-state index is 0.0840. The maximum absolute atomic E-state index is 12.2. The SMILES string of the molecule is NC(=O)c1ccc(NC(=O)c2ccc(COc3cc(Cl)ccc3Cl)o2)cc1. The molecule has 0 saturated heterocycles. The first-order valence-corrected chi connectivity index (χ1v) is 8.56. The van der Waals surface area contributed by atoms with Gasteiger partial charge in [0.25, 0.3) is 5.91 Å². The molecule has 1 heterocycles. The van der Waals surface area contributed by atoms with E-state index < -0.39 is 11.8 Å². The van der Waals surface area contributed by atoms with Crippen molar-refractivity contribution >= 4 is 40.7 Å². The minimum atomic E-state index is -0.539. The molecule has 3 rings (SSSR count). The highest BCUT2D eigenvalue weighted by Crippen LogP contribution is 2.28. The molecule has 27 heavy (non-hydrogen) atoms. The Balaban J connectivity index is 1.61. The highest BCUT2D eigenvalue weighted by Gasteiger charge is 2.13. The van der Waals surface area contributed by atoms with Crippen molar-refractivity contribution in [2.45, 2.75) is 6.61 Å². The van der Waals surface area contributed by atoms with Crippen molar-refractivity contribution in [1.29, 1.82) is 0 Å². The van der Waals surface area contributed by atoms with Crippen LogP contribution in [0.3, 0.4) is 0 Å². The Bertz CT molecular complexity index is 984. The Morgan fingerprint density at radius 3 is 2.48 bits per heavy atom. The van der Waals surface area contributed by atoms with Crippen LogP contribution in [-0.2, 0) is 6.61 Å². The average Bonchev–Trinajstić information content (AvgIpc) is 3.12. The number of halogens is 2. The van der Waals surface area contributed by atoms with Gasteiger partial charge in [-0.2, -0.15) is 0 Å². The molecule has 0 aliphatic rings. The third-order valence-electron chi connectivity index (χ3n) is 3.58. The smallest absolute Gasteiger partial charge is 0.291 e. The predicted octanol–water partition coefficient (Wildman–Crippen LogP) is 4.52. The summed E-state index contributed by atoms with van der Waals surface area (Å²) in [5.74, 6) is 0.00312. The number of nitrogens with two attached hydrogens (primary N) is 1. The summed E-state index contributed by atoms with van der Waals surface area (Å²) in [6, 6.07) is 14.2. The summed E-state index contributed by atoms with van der Waals surface area (Å²) in [5, 5.41) is 3.58. The van der Waals surface area contributed by atoms with Gasteiger partial charge in [-0.15, -0.1) is 0 Å². The number of carbonyl (C=O) groups excluding carboxylic acids is 2. The van der Waals surface area contributed by atoms with Gasteiger partial charge in [-0.05, 0) is 48.5 Å². The summed E-state index contributed by atoms with van der Waals surface area (Å²) in [4.78, 5) is 23.3.